The van der Waals surface area contributed by atoms with Crippen molar-refractivity contribution in [1.82, 2.24) is 10.1 Å². The molecule has 1 aliphatic rings. The van der Waals surface area contributed by atoms with E-state index in [-0.39, 0.29) is 0 Å². The van der Waals surface area contributed by atoms with E-state index in [1.807, 2.05) is 24.3 Å². The maximum absolute atomic E-state index is 5.84. The molecular formula is C12H13ClN3O+. The molecule has 0 spiro atoms. The van der Waals surface area contributed by atoms with Gasteiger partial charge in [-0.3, -0.25) is 0 Å². The fourth-order valence-electron chi connectivity index (χ4n) is 2.10. The van der Waals surface area contributed by atoms with Gasteiger partial charge in [0.15, 0.2) is 6.04 Å². The van der Waals surface area contributed by atoms with E-state index >= 15 is 0 Å². The number of hydrogen-bond acceptors (Lipinski definition) is 3. The number of benzene rings is 1. The molecule has 2 N–H and O–H groups in total. The van der Waals surface area contributed by atoms with E-state index in [2.05, 4.69) is 15.5 Å². The predicted molar refractivity (Wildman–Crippen MR) is 63.5 cm³/mol. The molecule has 1 aromatic carbocycles. The Balaban J connectivity index is 1.86. The molecule has 1 atom stereocenters. The van der Waals surface area contributed by atoms with Crippen molar-refractivity contribution in [3.8, 4) is 11.4 Å². The van der Waals surface area contributed by atoms with Gasteiger partial charge in [0, 0.05) is 23.4 Å². The monoisotopic (exact) mass is 250 g/mol. The molecule has 5 heteroatoms. The lowest BCUT2D eigenvalue weighted by Gasteiger charge is -1.98. The van der Waals surface area contributed by atoms with E-state index in [0.29, 0.717) is 16.9 Å². The van der Waals surface area contributed by atoms with E-state index < -0.39 is 0 Å². The smallest absolute Gasteiger partial charge is 0.285 e. The Morgan fingerprint density at radius 1 is 1.29 bits per heavy atom. The summed E-state index contributed by atoms with van der Waals surface area (Å²) in [6.07, 6.45) is 2.32. The topological polar surface area (TPSA) is 55.5 Å². The zero-order chi connectivity index (χ0) is 11.7. The Labute approximate surface area is 104 Å². The van der Waals surface area contributed by atoms with Gasteiger partial charge in [-0.2, -0.15) is 4.98 Å². The largest absolute Gasteiger partial charge is 0.336 e. The maximum atomic E-state index is 5.84. The number of nitrogens with zero attached hydrogens (tertiary/aromatic N) is 2. The van der Waals surface area contributed by atoms with Gasteiger partial charge >= 0.3 is 0 Å². The van der Waals surface area contributed by atoms with Crippen LogP contribution in [0, 0.1) is 0 Å². The van der Waals surface area contributed by atoms with E-state index in [4.69, 9.17) is 16.1 Å². The van der Waals surface area contributed by atoms with Crippen LogP contribution in [-0.4, -0.2) is 16.7 Å². The predicted octanol–water partition coefficient (Wildman–Crippen LogP) is 1.79. The van der Waals surface area contributed by atoms with Gasteiger partial charge < -0.3 is 9.84 Å². The molecule has 1 saturated heterocycles. The van der Waals surface area contributed by atoms with Gasteiger partial charge in [-0.1, -0.05) is 16.8 Å². The van der Waals surface area contributed by atoms with Crippen LogP contribution in [0.5, 0.6) is 0 Å². The molecule has 1 aliphatic heterocycles. The first-order chi connectivity index (χ1) is 8.33. The number of quaternary nitrogens is 1. The molecule has 2 aromatic rings. The summed E-state index contributed by atoms with van der Waals surface area (Å²) in [7, 11) is 0. The first-order valence-corrected chi connectivity index (χ1v) is 6.13. The molecule has 0 radical (unpaired) electrons. The van der Waals surface area contributed by atoms with E-state index in [1.165, 1.54) is 6.42 Å². The molecule has 0 unspecified atom stereocenters. The van der Waals surface area contributed by atoms with Crippen LogP contribution in [0.25, 0.3) is 11.4 Å². The molecule has 0 saturated carbocycles. The molecule has 1 aromatic heterocycles. The lowest BCUT2D eigenvalue weighted by molar-refractivity contribution is -0.678. The lowest BCUT2D eigenvalue weighted by atomic mass is 10.2. The molecule has 3 rings (SSSR count). The lowest BCUT2D eigenvalue weighted by Crippen LogP contribution is -2.81. The zero-order valence-corrected chi connectivity index (χ0v) is 10.0. The quantitative estimate of drug-likeness (QED) is 0.884. The van der Waals surface area contributed by atoms with Gasteiger partial charge in [-0.05, 0) is 24.3 Å². The average molecular weight is 251 g/mol. The minimum Gasteiger partial charge on any atom is -0.336 e. The molecule has 4 nitrogen and oxygen atoms in total. The first kappa shape index (κ1) is 10.7. The van der Waals surface area contributed by atoms with Crippen LogP contribution < -0.4 is 5.32 Å². The Kier molecular flexibility index (Phi) is 2.82. The first-order valence-electron chi connectivity index (χ1n) is 5.76. The van der Waals surface area contributed by atoms with Crippen molar-refractivity contribution in [3.63, 3.8) is 0 Å². The minimum atomic E-state index is 0.337. The van der Waals surface area contributed by atoms with Crippen molar-refractivity contribution in [1.29, 1.82) is 0 Å². The second-order valence-corrected chi connectivity index (χ2v) is 4.67. The third-order valence-corrected chi connectivity index (χ3v) is 3.28. The van der Waals surface area contributed by atoms with Crippen molar-refractivity contribution >= 4 is 11.6 Å². The number of nitrogens with two attached hydrogens (primary N) is 1. The van der Waals surface area contributed by atoms with Crippen LogP contribution in [0.1, 0.15) is 24.8 Å². The summed E-state index contributed by atoms with van der Waals surface area (Å²) in [6.45, 7) is 1.14. The highest BCUT2D eigenvalue weighted by molar-refractivity contribution is 6.30. The Morgan fingerprint density at radius 2 is 2.12 bits per heavy atom. The third kappa shape index (κ3) is 2.18. The van der Waals surface area contributed by atoms with Gasteiger partial charge in [0.25, 0.3) is 5.89 Å². The normalized spacial score (nSPS) is 19.7. The van der Waals surface area contributed by atoms with Crippen molar-refractivity contribution in [2.45, 2.75) is 18.9 Å². The highest BCUT2D eigenvalue weighted by Gasteiger charge is 2.26. The summed E-state index contributed by atoms with van der Waals surface area (Å²) in [4.78, 5) is 4.44. The summed E-state index contributed by atoms with van der Waals surface area (Å²) >= 11 is 5.84. The summed E-state index contributed by atoms with van der Waals surface area (Å²) in [5.41, 5.74) is 0.933. The van der Waals surface area contributed by atoms with Crippen LogP contribution in [0.2, 0.25) is 5.02 Å². The molecule has 0 amide bonds. The van der Waals surface area contributed by atoms with Crippen LogP contribution in [0.4, 0.5) is 0 Å². The van der Waals surface area contributed by atoms with Gasteiger partial charge in [0.1, 0.15) is 0 Å². The second-order valence-electron chi connectivity index (χ2n) is 4.24. The van der Waals surface area contributed by atoms with Crippen molar-refractivity contribution in [2.75, 3.05) is 6.54 Å². The fraction of sp³-hybridized carbons (Fsp3) is 0.333. The second kappa shape index (κ2) is 4.47. The summed E-state index contributed by atoms with van der Waals surface area (Å²) in [5.74, 6) is 1.37. The number of hydrogen-bond donors (Lipinski definition) is 1. The Morgan fingerprint density at radius 3 is 2.82 bits per heavy atom. The summed E-state index contributed by atoms with van der Waals surface area (Å²) in [5, 5.41) is 6.97. The van der Waals surface area contributed by atoms with Gasteiger partial charge in [0.05, 0.1) is 6.54 Å². The zero-order valence-electron chi connectivity index (χ0n) is 9.27. The van der Waals surface area contributed by atoms with Crippen LogP contribution >= 0.6 is 11.6 Å². The molecular weight excluding hydrogens is 238 g/mol. The fourth-order valence-corrected chi connectivity index (χ4v) is 2.23. The van der Waals surface area contributed by atoms with Crippen molar-refractivity contribution in [2.24, 2.45) is 0 Å². The molecule has 17 heavy (non-hydrogen) atoms. The number of rotatable bonds is 2. The average Bonchev–Trinajstić information content (AvgIpc) is 3.00. The van der Waals surface area contributed by atoms with Gasteiger partial charge in [-0.15, -0.1) is 0 Å². The molecule has 1 fully saturated rings. The summed E-state index contributed by atoms with van der Waals surface area (Å²) in [6, 6.07) is 7.79. The maximum Gasteiger partial charge on any atom is 0.285 e. The van der Waals surface area contributed by atoms with E-state index in [9.17, 15) is 0 Å². The SMILES string of the molecule is Clc1ccc(-c2noc([C@H]3CCC[NH2+]3)n2)cc1. The highest BCUT2D eigenvalue weighted by atomic mass is 35.5. The highest BCUT2D eigenvalue weighted by Crippen LogP contribution is 2.21. The molecule has 0 aliphatic carbocycles. The van der Waals surface area contributed by atoms with Crippen molar-refractivity contribution in [3.05, 3.63) is 35.2 Å². The molecule has 2 heterocycles. The number of aromatic nitrogens is 2. The third-order valence-electron chi connectivity index (χ3n) is 3.03. The Bertz CT molecular complexity index is 503. The minimum absolute atomic E-state index is 0.337. The van der Waals surface area contributed by atoms with E-state index in [1.54, 1.807) is 0 Å². The molecule has 88 valence electrons. The number of halogens is 1. The van der Waals surface area contributed by atoms with Gasteiger partial charge in [0.2, 0.25) is 5.82 Å². The van der Waals surface area contributed by atoms with Crippen molar-refractivity contribution < 1.29 is 9.84 Å². The van der Waals surface area contributed by atoms with Crippen LogP contribution in [0.15, 0.2) is 28.8 Å². The standard InChI is InChI=1S/C12H12ClN3O/c13-9-5-3-8(4-6-9)11-15-12(17-16-11)10-2-1-7-14-10/h3-6,10,14H,1-2,7H2/p+1/t10-/m1/s1. The van der Waals surface area contributed by atoms with Crippen LogP contribution in [0.3, 0.4) is 0 Å². The molecule has 0 bridgehead atoms. The van der Waals surface area contributed by atoms with Crippen LogP contribution in [-0.2, 0) is 0 Å². The van der Waals surface area contributed by atoms with E-state index in [0.717, 1.165) is 24.4 Å². The summed E-state index contributed by atoms with van der Waals surface area (Å²) < 4.78 is 5.31. The Hall–Kier alpha value is -1.39. The van der Waals surface area contributed by atoms with Gasteiger partial charge in [-0.25, -0.2) is 0 Å².